The van der Waals surface area contributed by atoms with E-state index < -0.39 is 11.6 Å². The lowest BCUT2D eigenvalue weighted by molar-refractivity contribution is -0.110. The van der Waals surface area contributed by atoms with E-state index in [2.05, 4.69) is 12.6 Å². The number of thiol groups is 1. The first kappa shape index (κ1) is 21.1. The van der Waals surface area contributed by atoms with Crippen LogP contribution in [0.3, 0.4) is 0 Å². The maximum absolute atomic E-state index is 15.0. The van der Waals surface area contributed by atoms with E-state index in [1.165, 1.54) is 24.5 Å². The van der Waals surface area contributed by atoms with Crippen LogP contribution in [0.1, 0.15) is 16.7 Å². The standard InChI is InChI=1S/C24H19F2NO3S/c25-18-5-4-15(10-22(28)31)21(11-18)30-13-14-8-16-6-7-29-24(16)20(9-14)19-3-1-2-17(12-27)23(19)26/h1-9,11H,10,12-13,27H2,(H,28,31). The van der Waals surface area contributed by atoms with Gasteiger partial charge in [0.05, 0.1) is 6.26 Å². The summed E-state index contributed by atoms with van der Waals surface area (Å²) in [5.74, 6) is -0.620. The minimum atomic E-state index is -0.475. The molecule has 0 aliphatic heterocycles. The summed E-state index contributed by atoms with van der Waals surface area (Å²) in [7, 11) is 0. The fourth-order valence-corrected chi connectivity index (χ4v) is 3.68. The zero-order chi connectivity index (χ0) is 22.0. The van der Waals surface area contributed by atoms with Crippen molar-refractivity contribution in [1.29, 1.82) is 0 Å². The van der Waals surface area contributed by atoms with Crippen molar-refractivity contribution in [3.63, 3.8) is 0 Å². The fraction of sp³-hybridized carbons (Fsp3) is 0.125. The maximum atomic E-state index is 15.0. The summed E-state index contributed by atoms with van der Waals surface area (Å²) in [5, 5.41) is 0.424. The van der Waals surface area contributed by atoms with Crippen LogP contribution in [0.4, 0.5) is 8.78 Å². The molecule has 4 rings (SSSR count). The molecule has 0 radical (unpaired) electrons. The van der Waals surface area contributed by atoms with Crippen molar-refractivity contribution in [2.45, 2.75) is 19.6 Å². The molecule has 0 fully saturated rings. The Morgan fingerprint density at radius 2 is 1.87 bits per heavy atom. The van der Waals surface area contributed by atoms with Crippen molar-refractivity contribution < 1.29 is 22.7 Å². The van der Waals surface area contributed by atoms with Crippen LogP contribution in [-0.4, -0.2) is 5.12 Å². The SMILES string of the molecule is NCc1cccc(-c2cc(COc3cc(F)ccc3CC(=O)S)cc3ccoc23)c1F. The van der Waals surface area contributed by atoms with E-state index >= 15 is 0 Å². The Labute approximate surface area is 183 Å². The van der Waals surface area contributed by atoms with Gasteiger partial charge >= 0.3 is 0 Å². The van der Waals surface area contributed by atoms with Crippen molar-refractivity contribution in [2.24, 2.45) is 5.73 Å². The van der Waals surface area contributed by atoms with Crippen LogP contribution in [0, 0.1) is 11.6 Å². The van der Waals surface area contributed by atoms with Crippen molar-refractivity contribution in [1.82, 2.24) is 0 Å². The molecule has 4 nitrogen and oxygen atoms in total. The number of nitrogens with two attached hydrogens (primary N) is 1. The van der Waals surface area contributed by atoms with Gasteiger partial charge in [-0.1, -0.05) is 24.3 Å². The van der Waals surface area contributed by atoms with Gasteiger partial charge in [-0.25, -0.2) is 8.78 Å². The van der Waals surface area contributed by atoms with Crippen LogP contribution in [-0.2, 0) is 24.4 Å². The average Bonchev–Trinajstić information content (AvgIpc) is 3.22. The molecule has 0 amide bonds. The highest BCUT2D eigenvalue weighted by atomic mass is 32.1. The quantitative estimate of drug-likeness (QED) is 0.378. The first-order valence-electron chi connectivity index (χ1n) is 9.57. The van der Waals surface area contributed by atoms with Crippen LogP contribution >= 0.6 is 12.6 Å². The number of fused-ring (bicyclic) bond motifs is 1. The summed E-state index contributed by atoms with van der Waals surface area (Å²) in [5.41, 5.74) is 8.80. The molecule has 3 aromatic carbocycles. The molecule has 0 aliphatic carbocycles. The first-order valence-corrected chi connectivity index (χ1v) is 10.0. The number of hydrogen-bond acceptors (Lipinski definition) is 4. The number of furan rings is 1. The summed E-state index contributed by atoms with van der Waals surface area (Å²) >= 11 is 3.79. The molecule has 31 heavy (non-hydrogen) atoms. The van der Waals surface area contributed by atoms with Gasteiger partial charge in [0, 0.05) is 46.7 Å². The van der Waals surface area contributed by atoms with Gasteiger partial charge in [0.1, 0.15) is 29.6 Å². The van der Waals surface area contributed by atoms with Gasteiger partial charge in [-0.05, 0) is 29.8 Å². The number of ether oxygens (including phenoxy) is 1. The third kappa shape index (κ3) is 4.47. The van der Waals surface area contributed by atoms with E-state index in [9.17, 15) is 13.6 Å². The molecular formula is C24H19F2NO3S. The van der Waals surface area contributed by atoms with Crippen LogP contribution < -0.4 is 10.5 Å². The Kier molecular flexibility index (Phi) is 6.06. The molecule has 0 atom stereocenters. The first-order chi connectivity index (χ1) is 15.0. The molecule has 0 aliphatic rings. The molecule has 0 bridgehead atoms. The molecule has 1 aromatic heterocycles. The Balaban J connectivity index is 1.71. The minimum Gasteiger partial charge on any atom is -0.489 e. The van der Waals surface area contributed by atoms with Gasteiger partial charge in [0.2, 0.25) is 0 Å². The molecule has 0 saturated carbocycles. The number of carbonyl (C=O) groups is 1. The molecule has 0 saturated heterocycles. The van der Waals surface area contributed by atoms with Crippen molar-refractivity contribution in [3.05, 3.63) is 89.2 Å². The second kappa shape index (κ2) is 8.91. The number of benzene rings is 3. The highest BCUT2D eigenvalue weighted by molar-refractivity contribution is 7.96. The fourth-order valence-electron chi connectivity index (χ4n) is 3.51. The van der Waals surface area contributed by atoms with E-state index in [1.54, 1.807) is 30.3 Å². The Bertz CT molecular complexity index is 1270. The summed E-state index contributed by atoms with van der Waals surface area (Å²) < 4.78 is 40.1. The number of rotatable bonds is 7. The second-order valence-electron chi connectivity index (χ2n) is 7.08. The molecular weight excluding hydrogens is 420 g/mol. The number of hydrogen-bond donors (Lipinski definition) is 2. The zero-order valence-corrected chi connectivity index (χ0v) is 17.3. The van der Waals surface area contributed by atoms with Gasteiger partial charge in [0.25, 0.3) is 0 Å². The molecule has 7 heteroatoms. The third-order valence-corrected chi connectivity index (χ3v) is 5.12. The molecule has 4 aromatic rings. The summed E-state index contributed by atoms with van der Waals surface area (Å²) in [6, 6.07) is 14.4. The van der Waals surface area contributed by atoms with Gasteiger partial charge in [0.15, 0.2) is 5.12 Å². The van der Waals surface area contributed by atoms with Crippen molar-refractivity contribution >= 4 is 28.7 Å². The Morgan fingerprint density at radius 1 is 1.03 bits per heavy atom. The summed E-state index contributed by atoms with van der Waals surface area (Å²) in [6.45, 7) is 0.166. The predicted molar refractivity (Wildman–Crippen MR) is 118 cm³/mol. The van der Waals surface area contributed by atoms with Crippen LogP contribution in [0.15, 0.2) is 65.3 Å². The highest BCUT2D eigenvalue weighted by Crippen LogP contribution is 2.34. The molecule has 0 unspecified atom stereocenters. The summed E-state index contributed by atoms with van der Waals surface area (Å²) in [4.78, 5) is 11.4. The average molecular weight is 439 g/mol. The van der Waals surface area contributed by atoms with Crippen LogP contribution in [0.2, 0.25) is 0 Å². The second-order valence-corrected chi connectivity index (χ2v) is 7.58. The molecule has 2 N–H and O–H groups in total. The normalized spacial score (nSPS) is 11.1. The molecule has 158 valence electrons. The van der Waals surface area contributed by atoms with Crippen molar-refractivity contribution in [2.75, 3.05) is 0 Å². The largest absolute Gasteiger partial charge is 0.489 e. The predicted octanol–water partition coefficient (Wildman–Crippen LogP) is 5.41. The molecule has 0 spiro atoms. The Hall–Kier alpha value is -3.16. The monoisotopic (exact) mass is 439 g/mol. The Morgan fingerprint density at radius 3 is 2.65 bits per heavy atom. The highest BCUT2D eigenvalue weighted by Gasteiger charge is 2.16. The van der Waals surface area contributed by atoms with E-state index in [4.69, 9.17) is 14.9 Å². The third-order valence-electron chi connectivity index (χ3n) is 4.96. The lowest BCUT2D eigenvalue weighted by Gasteiger charge is -2.13. The smallest absolute Gasteiger partial charge is 0.190 e. The van der Waals surface area contributed by atoms with Gasteiger partial charge in [-0.15, -0.1) is 12.6 Å². The topological polar surface area (TPSA) is 65.5 Å². The van der Waals surface area contributed by atoms with Gasteiger partial charge in [-0.2, -0.15) is 0 Å². The zero-order valence-electron chi connectivity index (χ0n) is 16.4. The van der Waals surface area contributed by atoms with E-state index in [1.807, 2.05) is 6.07 Å². The van der Waals surface area contributed by atoms with E-state index in [-0.39, 0.29) is 30.4 Å². The van der Waals surface area contributed by atoms with Crippen molar-refractivity contribution in [3.8, 4) is 16.9 Å². The molecule has 1 heterocycles. The summed E-state index contributed by atoms with van der Waals surface area (Å²) in [6.07, 6.45) is 1.55. The van der Waals surface area contributed by atoms with E-state index in [0.717, 1.165) is 10.9 Å². The lowest BCUT2D eigenvalue weighted by Crippen LogP contribution is -2.03. The van der Waals surface area contributed by atoms with Crippen LogP contribution in [0.5, 0.6) is 5.75 Å². The number of carbonyl (C=O) groups excluding carboxylic acids is 1. The van der Waals surface area contributed by atoms with Gasteiger partial charge in [-0.3, -0.25) is 4.79 Å². The van der Waals surface area contributed by atoms with E-state index in [0.29, 0.717) is 27.8 Å². The van der Waals surface area contributed by atoms with Crippen LogP contribution in [0.25, 0.3) is 22.1 Å². The maximum Gasteiger partial charge on any atom is 0.190 e. The van der Waals surface area contributed by atoms with Gasteiger partial charge < -0.3 is 14.9 Å². The minimum absolute atomic E-state index is 0.0157. The number of halogens is 2. The lowest BCUT2D eigenvalue weighted by atomic mass is 9.98.